The highest BCUT2D eigenvalue weighted by molar-refractivity contribution is 5.67. The van der Waals surface area contributed by atoms with Gasteiger partial charge in [0.05, 0.1) is 6.42 Å². The van der Waals surface area contributed by atoms with Crippen molar-refractivity contribution in [1.29, 1.82) is 0 Å². The van der Waals surface area contributed by atoms with E-state index in [1.807, 2.05) is 13.0 Å². The lowest BCUT2D eigenvalue weighted by atomic mass is 9.77. The molecule has 0 heterocycles. The Kier molecular flexibility index (Phi) is 2.85. The molecule has 0 aromatic heterocycles. The highest BCUT2D eigenvalue weighted by Crippen LogP contribution is 2.58. The van der Waals surface area contributed by atoms with Gasteiger partial charge >= 0.3 is 5.97 Å². The van der Waals surface area contributed by atoms with Crippen LogP contribution in [0, 0.1) is 17.3 Å². The molecule has 0 aromatic rings. The van der Waals surface area contributed by atoms with Gasteiger partial charge in [-0.3, -0.25) is 4.79 Å². The number of carbonyl (C=O) groups is 1. The van der Waals surface area contributed by atoms with Crippen LogP contribution in [0.15, 0.2) is 12.2 Å². The predicted molar refractivity (Wildman–Crippen MR) is 59.6 cm³/mol. The summed E-state index contributed by atoms with van der Waals surface area (Å²) in [4.78, 5) is 10.9. The van der Waals surface area contributed by atoms with E-state index in [9.17, 15) is 4.79 Å². The number of rotatable bonds is 4. The Bertz CT molecular complexity index is 268. The van der Waals surface area contributed by atoms with Crippen molar-refractivity contribution >= 4 is 5.97 Å². The summed E-state index contributed by atoms with van der Waals surface area (Å²) >= 11 is 0. The van der Waals surface area contributed by atoms with Crippen LogP contribution in [0.25, 0.3) is 0 Å². The van der Waals surface area contributed by atoms with E-state index < -0.39 is 5.97 Å². The molecule has 2 rings (SSSR count). The van der Waals surface area contributed by atoms with Crippen LogP contribution in [-0.4, -0.2) is 11.1 Å². The lowest BCUT2D eigenvalue weighted by molar-refractivity contribution is -0.139. The second-order valence-electron chi connectivity index (χ2n) is 5.35. The molecular weight excluding hydrogens is 188 g/mol. The van der Waals surface area contributed by atoms with Gasteiger partial charge in [0.2, 0.25) is 0 Å². The molecule has 2 heteroatoms. The fraction of sp³-hybridized carbons (Fsp3) is 0.769. The van der Waals surface area contributed by atoms with Crippen LogP contribution in [0.5, 0.6) is 0 Å². The molecule has 0 saturated heterocycles. The summed E-state index contributed by atoms with van der Waals surface area (Å²) in [6, 6.07) is 0. The lowest BCUT2D eigenvalue weighted by Gasteiger charge is -2.29. The van der Waals surface area contributed by atoms with Crippen LogP contribution >= 0.6 is 0 Å². The van der Waals surface area contributed by atoms with Gasteiger partial charge in [-0.1, -0.05) is 12.2 Å². The normalized spacial score (nSPS) is 39.0. The van der Waals surface area contributed by atoms with E-state index in [2.05, 4.69) is 6.08 Å². The lowest BCUT2D eigenvalue weighted by Crippen LogP contribution is -2.20. The van der Waals surface area contributed by atoms with E-state index in [1.165, 1.54) is 12.8 Å². The predicted octanol–water partition coefficient (Wildman–Crippen LogP) is 3.23. The molecule has 84 valence electrons. The van der Waals surface area contributed by atoms with E-state index in [-0.39, 0.29) is 5.41 Å². The summed E-state index contributed by atoms with van der Waals surface area (Å²) in [6.07, 6.45) is 10.5. The van der Waals surface area contributed by atoms with E-state index >= 15 is 0 Å². The van der Waals surface area contributed by atoms with Gasteiger partial charge in [0, 0.05) is 0 Å². The van der Waals surface area contributed by atoms with E-state index in [4.69, 9.17) is 5.11 Å². The maximum absolute atomic E-state index is 10.9. The first-order valence-corrected chi connectivity index (χ1v) is 5.98. The third-order valence-corrected chi connectivity index (χ3v) is 4.28. The van der Waals surface area contributed by atoms with Gasteiger partial charge in [-0.05, 0) is 56.3 Å². The van der Waals surface area contributed by atoms with Crippen LogP contribution in [0.4, 0.5) is 0 Å². The largest absolute Gasteiger partial charge is 0.481 e. The van der Waals surface area contributed by atoms with Crippen molar-refractivity contribution in [3.63, 3.8) is 0 Å². The summed E-state index contributed by atoms with van der Waals surface area (Å²) in [5.41, 5.74) is 0.0875. The quantitative estimate of drug-likeness (QED) is 0.720. The Morgan fingerprint density at radius 1 is 1.40 bits per heavy atom. The Labute approximate surface area is 91.4 Å². The highest BCUT2D eigenvalue weighted by Gasteiger charge is 2.49. The summed E-state index contributed by atoms with van der Waals surface area (Å²) in [5, 5.41) is 9.01. The SMILES string of the molecule is C/C=C/CC1(CC(=O)O)C[C@H]2CC[C@H]2C1. The summed E-state index contributed by atoms with van der Waals surface area (Å²) < 4.78 is 0. The van der Waals surface area contributed by atoms with Crippen LogP contribution in [-0.2, 0) is 4.79 Å². The number of fused-ring (bicyclic) bond motifs is 1. The van der Waals surface area contributed by atoms with Gasteiger partial charge in [-0.2, -0.15) is 0 Å². The third-order valence-electron chi connectivity index (χ3n) is 4.28. The molecule has 1 unspecified atom stereocenters. The van der Waals surface area contributed by atoms with Gasteiger partial charge in [0.15, 0.2) is 0 Å². The second kappa shape index (κ2) is 3.99. The zero-order valence-electron chi connectivity index (χ0n) is 9.41. The van der Waals surface area contributed by atoms with Crippen LogP contribution < -0.4 is 0 Å². The molecule has 0 amide bonds. The van der Waals surface area contributed by atoms with Crippen molar-refractivity contribution < 1.29 is 9.90 Å². The standard InChI is InChI=1S/C13H20O2/c1-2-3-6-13(9-12(14)15)7-10-4-5-11(10)8-13/h2-3,10-11H,4-9H2,1H3,(H,14,15)/b3-2+/t10-,11+,13?. The van der Waals surface area contributed by atoms with Crippen molar-refractivity contribution in [2.45, 2.75) is 45.4 Å². The van der Waals surface area contributed by atoms with Crippen molar-refractivity contribution in [2.24, 2.45) is 17.3 Å². The number of hydrogen-bond donors (Lipinski definition) is 1. The average Bonchev–Trinajstić information content (AvgIpc) is 2.39. The first-order valence-electron chi connectivity index (χ1n) is 5.98. The first-order chi connectivity index (χ1) is 7.15. The zero-order chi connectivity index (χ0) is 10.9. The topological polar surface area (TPSA) is 37.3 Å². The Balaban J connectivity index is 2.05. The number of aliphatic carboxylic acids is 1. The molecule has 1 N–H and O–H groups in total. The minimum Gasteiger partial charge on any atom is -0.481 e. The molecule has 0 aromatic carbocycles. The fourth-order valence-corrected chi connectivity index (χ4v) is 3.44. The molecule has 0 spiro atoms. The van der Waals surface area contributed by atoms with Gasteiger partial charge in [0.1, 0.15) is 0 Å². The maximum Gasteiger partial charge on any atom is 0.303 e. The molecule has 2 saturated carbocycles. The van der Waals surface area contributed by atoms with Crippen molar-refractivity contribution in [3.8, 4) is 0 Å². The minimum absolute atomic E-state index is 0.0875. The molecular formula is C13H20O2. The van der Waals surface area contributed by atoms with Crippen LogP contribution in [0.1, 0.15) is 45.4 Å². The Hall–Kier alpha value is -0.790. The summed E-state index contributed by atoms with van der Waals surface area (Å²) in [7, 11) is 0. The number of carboxylic acid groups (broad SMARTS) is 1. The minimum atomic E-state index is -0.624. The van der Waals surface area contributed by atoms with Crippen molar-refractivity contribution in [2.75, 3.05) is 0 Å². The van der Waals surface area contributed by atoms with Gasteiger partial charge in [-0.25, -0.2) is 0 Å². The molecule has 2 fully saturated rings. The fourth-order valence-electron chi connectivity index (χ4n) is 3.44. The average molecular weight is 208 g/mol. The third kappa shape index (κ3) is 2.09. The monoisotopic (exact) mass is 208 g/mol. The smallest absolute Gasteiger partial charge is 0.303 e. The van der Waals surface area contributed by atoms with Crippen LogP contribution in [0.2, 0.25) is 0 Å². The van der Waals surface area contributed by atoms with E-state index in [0.29, 0.717) is 6.42 Å². The maximum atomic E-state index is 10.9. The molecule has 15 heavy (non-hydrogen) atoms. The van der Waals surface area contributed by atoms with E-state index in [1.54, 1.807) is 0 Å². The van der Waals surface area contributed by atoms with Crippen molar-refractivity contribution in [1.82, 2.24) is 0 Å². The molecule has 2 aliphatic rings. The molecule has 2 nitrogen and oxygen atoms in total. The zero-order valence-corrected chi connectivity index (χ0v) is 9.41. The second-order valence-corrected chi connectivity index (χ2v) is 5.35. The van der Waals surface area contributed by atoms with Gasteiger partial charge in [-0.15, -0.1) is 0 Å². The molecule has 2 aliphatic carbocycles. The molecule has 0 aliphatic heterocycles. The van der Waals surface area contributed by atoms with Gasteiger partial charge < -0.3 is 5.11 Å². The summed E-state index contributed by atoms with van der Waals surface area (Å²) in [5.74, 6) is 1.06. The first kappa shape index (κ1) is 10.7. The molecule has 3 atom stereocenters. The number of carboxylic acids is 1. The van der Waals surface area contributed by atoms with Gasteiger partial charge in [0.25, 0.3) is 0 Å². The Morgan fingerprint density at radius 3 is 2.40 bits per heavy atom. The van der Waals surface area contributed by atoms with Crippen LogP contribution in [0.3, 0.4) is 0 Å². The number of hydrogen-bond acceptors (Lipinski definition) is 1. The summed E-state index contributed by atoms with van der Waals surface area (Å²) in [6.45, 7) is 2.01. The van der Waals surface area contributed by atoms with Crippen molar-refractivity contribution in [3.05, 3.63) is 12.2 Å². The highest BCUT2D eigenvalue weighted by atomic mass is 16.4. The molecule has 0 radical (unpaired) electrons. The Morgan fingerprint density at radius 2 is 2.00 bits per heavy atom. The van der Waals surface area contributed by atoms with E-state index in [0.717, 1.165) is 31.1 Å². The number of allylic oxidation sites excluding steroid dienone is 2. The molecule has 0 bridgehead atoms.